The summed E-state index contributed by atoms with van der Waals surface area (Å²) in [6.07, 6.45) is 3.88. The summed E-state index contributed by atoms with van der Waals surface area (Å²) in [7, 11) is -3.52. The quantitative estimate of drug-likeness (QED) is 0.702. The van der Waals surface area contributed by atoms with Gasteiger partial charge in [-0.2, -0.15) is 4.31 Å². The lowest BCUT2D eigenvalue weighted by atomic mass is 9.99. The standard InChI is InChI=1S/C20H28N4O3S3/c1-15-5-2-8-23(11-15)13-17-14-29-20(21-17)22-19(25)16-6-3-9-24(12-16)30(26,27)18-7-4-10-28-18/h4,7,10,14-16H,2-3,5-6,8-9,11-13H2,1H3,(H,21,22,25). The number of amides is 1. The Morgan fingerprint density at radius 2 is 2.07 bits per heavy atom. The van der Waals surface area contributed by atoms with Crippen LogP contribution in [-0.4, -0.2) is 54.7 Å². The average Bonchev–Trinajstić information content (AvgIpc) is 3.41. The van der Waals surface area contributed by atoms with Gasteiger partial charge in [0, 0.05) is 31.6 Å². The highest BCUT2D eigenvalue weighted by molar-refractivity contribution is 7.91. The largest absolute Gasteiger partial charge is 0.302 e. The predicted molar refractivity (Wildman–Crippen MR) is 120 cm³/mol. The number of thiophene rings is 1. The Kier molecular flexibility index (Phi) is 6.88. The van der Waals surface area contributed by atoms with Gasteiger partial charge >= 0.3 is 0 Å². The Balaban J connectivity index is 1.34. The molecule has 7 nitrogen and oxygen atoms in total. The van der Waals surface area contributed by atoms with Crippen LogP contribution >= 0.6 is 22.7 Å². The highest BCUT2D eigenvalue weighted by atomic mass is 32.2. The molecule has 2 atom stereocenters. The van der Waals surface area contributed by atoms with Gasteiger partial charge in [-0.1, -0.05) is 13.0 Å². The third-order valence-electron chi connectivity index (χ3n) is 5.75. The van der Waals surface area contributed by atoms with Crippen molar-refractivity contribution in [3.8, 4) is 0 Å². The Morgan fingerprint density at radius 1 is 1.23 bits per heavy atom. The summed E-state index contributed by atoms with van der Waals surface area (Å²) in [5.41, 5.74) is 0.981. The van der Waals surface area contributed by atoms with E-state index in [0.29, 0.717) is 28.7 Å². The molecule has 1 N–H and O–H groups in total. The minimum atomic E-state index is -3.52. The van der Waals surface area contributed by atoms with Crippen LogP contribution in [0, 0.1) is 11.8 Å². The molecule has 10 heteroatoms. The molecule has 2 unspecified atom stereocenters. The third-order valence-corrected chi connectivity index (χ3v) is 9.80. The molecule has 0 spiro atoms. The minimum Gasteiger partial charge on any atom is -0.302 e. The number of piperidine rings is 2. The molecule has 164 valence electrons. The lowest BCUT2D eigenvalue weighted by molar-refractivity contribution is -0.120. The SMILES string of the molecule is CC1CCCN(Cc2csc(NC(=O)C3CCCN(S(=O)(=O)c4cccs4)C3)n2)C1. The van der Waals surface area contributed by atoms with Crippen molar-refractivity contribution < 1.29 is 13.2 Å². The number of carbonyl (C=O) groups is 1. The van der Waals surface area contributed by atoms with E-state index in [-0.39, 0.29) is 18.4 Å². The highest BCUT2D eigenvalue weighted by Gasteiger charge is 2.34. The molecule has 2 saturated heterocycles. The smallest absolute Gasteiger partial charge is 0.252 e. The molecule has 2 aromatic heterocycles. The maximum absolute atomic E-state index is 12.8. The minimum absolute atomic E-state index is 0.145. The fraction of sp³-hybridized carbons (Fsp3) is 0.600. The summed E-state index contributed by atoms with van der Waals surface area (Å²) in [5.74, 6) is 0.216. The van der Waals surface area contributed by atoms with Crippen molar-refractivity contribution in [2.45, 2.75) is 43.4 Å². The zero-order valence-electron chi connectivity index (χ0n) is 17.1. The van der Waals surface area contributed by atoms with Crippen molar-refractivity contribution in [2.24, 2.45) is 11.8 Å². The summed E-state index contributed by atoms with van der Waals surface area (Å²) >= 11 is 2.65. The predicted octanol–water partition coefficient (Wildman–Crippen LogP) is 3.48. The monoisotopic (exact) mass is 468 g/mol. The van der Waals surface area contributed by atoms with E-state index in [4.69, 9.17) is 0 Å². The van der Waals surface area contributed by atoms with Crippen molar-refractivity contribution in [3.05, 3.63) is 28.6 Å². The van der Waals surface area contributed by atoms with Crippen molar-refractivity contribution >= 4 is 43.7 Å². The molecular formula is C20H28N4O3S3. The molecule has 30 heavy (non-hydrogen) atoms. The van der Waals surface area contributed by atoms with E-state index >= 15 is 0 Å². The van der Waals surface area contributed by atoms with Crippen LogP contribution in [-0.2, 0) is 21.4 Å². The number of nitrogens with zero attached hydrogens (tertiary/aromatic N) is 3. The van der Waals surface area contributed by atoms with Gasteiger partial charge in [-0.05, 0) is 49.6 Å². The lowest BCUT2D eigenvalue weighted by Crippen LogP contribution is -2.43. The average molecular weight is 469 g/mol. The highest BCUT2D eigenvalue weighted by Crippen LogP contribution is 2.27. The second-order valence-corrected chi connectivity index (χ2v) is 12.2. The molecule has 0 aromatic carbocycles. The number of carbonyl (C=O) groups excluding carboxylic acids is 1. The van der Waals surface area contributed by atoms with Crippen molar-refractivity contribution in [2.75, 3.05) is 31.5 Å². The molecule has 2 fully saturated rings. The molecule has 0 saturated carbocycles. The van der Waals surface area contributed by atoms with Gasteiger partial charge in [0.2, 0.25) is 5.91 Å². The first-order chi connectivity index (χ1) is 14.4. The second-order valence-electron chi connectivity index (χ2n) is 8.25. The maximum Gasteiger partial charge on any atom is 0.252 e. The number of nitrogens with one attached hydrogen (secondary N) is 1. The third kappa shape index (κ3) is 5.11. The van der Waals surface area contributed by atoms with Crippen LogP contribution in [0.2, 0.25) is 0 Å². The van der Waals surface area contributed by atoms with Crippen LogP contribution in [0.25, 0.3) is 0 Å². The fourth-order valence-electron chi connectivity index (χ4n) is 4.22. The second kappa shape index (κ2) is 9.44. The summed E-state index contributed by atoms with van der Waals surface area (Å²) in [5, 5.41) is 7.27. The number of hydrogen-bond donors (Lipinski definition) is 1. The number of anilines is 1. The Morgan fingerprint density at radius 3 is 2.83 bits per heavy atom. The van der Waals surface area contributed by atoms with Gasteiger partial charge in [0.25, 0.3) is 10.0 Å². The molecule has 4 rings (SSSR count). The topological polar surface area (TPSA) is 82.6 Å². The molecule has 0 radical (unpaired) electrons. The number of rotatable bonds is 6. The van der Waals surface area contributed by atoms with Gasteiger partial charge in [-0.3, -0.25) is 9.69 Å². The van der Waals surface area contributed by atoms with Crippen molar-refractivity contribution in [3.63, 3.8) is 0 Å². The van der Waals surface area contributed by atoms with Gasteiger partial charge in [0.1, 0.15) is 4.21 Å². The fourth-order valence-corrected chi connectivity index (χ4v) is 7.59. The zero-order valence-corrected chi connectivity index (χ0v) is 19.6. The maximum atomic E-state index is 12.8. The van der Waals surface area contributed by atoms with E-state index in [1.807, 2.05) is 5.38 Å². The summed E-state index contributed by atoms with van der Waals surface area (Å²) in [4.78, 5) is 19.8. The number of likely N-dealkylation sites (tertiary alicyclic amines) is 1. The van der Waals surface area contributed by atoms with Crippen LogP contribution < -0.4 is 5.32 Å². The molecule has 1 amide bonds. The number of sulfonamides is 1. The Bertz CT molecular complexity index is 958. The Hall–Kier alpha value is -1.33. The Labute approximate surface area is 186 Å². The lowest BCUT2D eigenvalue weighted by Gasteiger charge is -2.30. The van der Waals surface area contributed by atoms with Crippen LogP contribution in [0.1, 0.15) is 38.3 Å². The van der Waals surface area contributed by atoms with Gasteiger partial charge in [0.05, 0.1) is 11.6 Å². The van der Waals surface area contributed by atoms with Crippen molar-refractivity contribution in [1.82, 2.24) is 14.2 Å². The summed E-state index contributed by atoms with van der Waals surface area (Å²) in [6, 6.07) is 3.35. The number of thiazole rings is 1. The first-order valence-corrected chi connectivity index (χ1v) is 13.6. The van der Waals surface area contributed by atoms with Gasteiger partial charge in [-0.15, -0.1) is 22.7 Å². The molecule has 0 aliphatic carbocycles. The molecule has 2 aromatic rings. The van der Waals surface area contributed by atoms with E-state index in [1.165, 1.54) is 39.8 Å². The first-order valence-electron chi connectivity index (χ1n) is 10.4. The van der Waals surface area contributed by atoms with E-state index in [9.17, 15) is 13.2 Å². The van der Waals surface area contributed by atoms with Crippen LogP contribution in [0.15, 0.2) is 27.1 Å². The molecule has 4 heterocycles. The molecule has 0 bridgehead atoms. The normalized spacial score (nSPS) is 24.0. The van der Waals surface area contributed by atoms with Crippen LogP contribution in [0.3, 0.4) is 0 Å². The first kappa shape index (κ1) is 21.9. The zero-order chi connectivity index (χ0) is 21.1. The number of aromatic nitrogens is 1. The summed E-state index contributed by atoms with van der Waals surface area (Å²) in [6.45, 7) is 5.96. The van der Waals surface area contributed by atoms with Gasteiger partial charge < -0.3 is 5.32 Å². The van der Waals surface area contributed by atoms with Gasteiger partial charge in [-0.25, -0.2) is 13.4 Å². The van der Waals surface area contributed by atoms with E-state index in [1.54, 1.807) is 17.5 Å². The van der Waals surface area contributed by atoms with E-state index in [2.05, 4.69) is 22.1 Å². The number of hydrogen-bond acceptors (Lipinski definition) is 7. The molecular weight excluding hydrogens is 440 g/mol. The van der Waals surface area contributed by atoms with Crippen LogP contribution in [0.4, 0.5) is 5.13 Å². The molecule has 2 aliphatic heterocycles. The van der Waals surface area contributed by atoms with E-state index in [0.717, 1.165) is 31.2 Å². The van der Waals surface area contributed by atoms with Crippen LogP contribution in [0.5, 0.6) is 0 Å². The van der Waals surface area contributed by atoms with Crippen molar-refractivity contribution in [1.29, 1.82) is 0 Å². The molecule has 2 aliphatic rings. The van der Waals surface area contributed by atoms with E-state index < -0.39 is 10.0 Å². The van der Waals surface area contributed by atoms with Gasteiger partial charge in [0.15, 0.2) is 5.13 Å². The summed E-state index contributed by atoms with van der Waals surface area (Å²) < 4.78 is 27.3.